The molecule has 4 rings (SSSR count). The molecule has 1 fully saturated rings. The molecule has 1 aliphatic heterocycles. The molecule has 0 aromatic heterocycles. The molecule has 0 N–H and O–H groups in total. The minimum Gasteiger partial charge on any atom is -0.206 e. The summed E-state index contributed by atoms with van der Waals surface area (Å²) in [5.74, 6) is -1.30. The molecule has 0 amide bonds. The number of rotatable bonds is 9. The van der Waals surface area contributed by atoms with Crippen molar-refractivity contribution in [2.45, 2.75) is 69.5 Å². The predicted molar refractivity (Wildman–Crippen MR) is 143 cm³/mol. The molecule has 3 aromatic rings. The van der Waals surface area contributed by atoms with Gasteiger partial charge in [0.05, 0.1) is 0 Å². The van der Waals surface area contributed by atoms with E-state index in [2.05, 4.69) is 25.1 Å². The molecule has 0 aliphatic carbocycles. The van der Waals surface area contributed by atoms with Crippen molar-refractivity contribution in [1.82, 2.24) is 0 Å². The monoisotopic (exact) mass is 492 g/mol. The van der Waals surface area contributed by atoms with E-state index in [0.29, 0.717) is 24.3 Å². The van der Waals surface area contributed by atoms with Gasteiger partial charge in [-0.15, -0.1) is 0 Å². The number of allylic oxidation sites excluding steroid dienone is 2. The van der Waals surface area contributed by atoms with Crippen LogP contribution >= 0.6 is 0 Å². The van der Waals surface area contributed by atoms with Crippen molar-refractivity contribution in [1.29, 1.82) is 0 Å². The lowest BCUT2D eigenvalue weighted by Gasteiger charge is -2.28. The number of hydrogen-bond acceptors (Lipinski definition) is 0. The SMILES string of the molecule is CC/C=C/CC[SiH]1CCC(c2ccc(-c3ccc(CCc4ccc(F)c(F)c4)cc3)c(F)c2)CC1. The molecule has 0 bridgehead atoms. The summed E-state index contributed by atoms with van der Waals surface area (Å²) in [5.41, 5.74) is 4.49. The highest BCUT2D eigenvalue weighted by Crippen LogP contribution is 2.36. The highest BCUT2D eigenvalue weighted by molar-refractivity contribution is 6.59. The highest BCUT2D eigenvalue weighted by atomic mass is 28.3. The Bertz CT molecular complexity index is 1130. The summed E-state index contributed by atoms with van der Waals surface area (Å²) in [7, 11) is -0.619. The number of aryl methyl sites for hydroxylation is 2. The summed E-state index contributed by atoms with van der Waals surface area (Å²) < 4.78 is 41.6. The molecule has 0 saturated carbocycles. The average molecular weight is 493 g/mol. The first-order chi connectivity index (χ1) is 17.0. The van der Waals surface area contributed by atoms with E-state index >= 15 is 4.39 Å². The number of benzene rings is 3. The maximum atomic E-state index is 15.1. The van der Waals surface area contributed by atoms with Gasteiger partial charge in [-0.3, -0.25) is 0 Å². The maximum Gasteiger partial charge on any atom is 0.159 e. The van der Waals surface area contributed by atoms with E-state index in [4.69, 9.17) is 0 Å². The normalized spacial score (nSPS) is 18.3. The molecule has 3 aromatic carbocycles. The van der Waals surface area contributed by atoms with Gasteiger partial charge in [-0.05, 0) is 84.9 Å². The molecule has 0 nitrogen and oxygen atoms in total. The Morgan fingerprint density at radius 2 is 1.49 bits per heavy atom. The fraction of sp³-hybridized carbons (Fsp3) is 0.355. The second-order valence-corrected chi connectivity index (χ2v) is 13.3. The highest BCUT2D eigenvalue weighted by Gasteiger charge is 2.23. The lowest BCUT2D eigenvalue weighted by molar-refractivity contribution is 0.507. The standard InChI is InChI=1S/C31H35F3Si/c1-2-3-4-5-18-35-19-16-25(17-20-35)27-13-14-28(30(33)22-27)26-11-8-23(9-12-26)6-7-24-10-15-29(32)31(34)21-24/h3-4,8-15,21-22,25,35H,2,5-7,16-20H2,1H3/b4-3+. The van der Waals surface area contributed by atoms with Gasteiger partial charge < -0.3 is 0 Å². The van der Waals surface area contributed by atoms with Crippen LogP contribution in [-0.2, 0) is 12.8 Å². The molecular weight excluding hydrogens is 457 g/mol. The van der Waals surface area contributed by atoms with Crippen molar-refractivity contribution in [2.24, 2.45) is 0 Å². The smallest absolute Gasteiger partial charge is 0.159 e. The first kappa shape index (κ1) is 25.5. The first-order valence-electron chi connectivity index (χ1n) is 13.0. The van der Waals surface area contributed by atoms with E-state index in [0.717, 1.165) is 28.7 Å². The first-order valence-corrected chi connectivity index (χ1v) is 15.5. The van der Waals surface area contributed by atoms with Gasteiger partial charge in [0.1, 0.15) is 5.82 Å². The third-order valence-electron chi connectivity index (χ3n) is 7.41. The van der Waals surface area contributed by atoms with Crippen molar-refractivity contribution in [2.75, 3.05) is 0 Å². The van der Waals surface area contributed by atoms with E-state index in [1.54, 1.807) is 12.1 Å². The molecule has 0 spiro atoms. The van der Waals surface area contributed by atoms with E-state index in [-0.39, 0.29) is 5.82 Å². The molecule has 4 heteroatoms. The molecule has 1 aliphatic rings. The molecule has 0 unspecified atom stereocenters. The third-order valence-corrected chi connectivity index (χ3v) is 10.9. The van der Waals surface area contributed by atoms with Gasteiger partial charge in [-0.25, -0.2) is 13.2 Å². The summed E-state index contributed by atoms with van der Waals surface area (Å²) in [6, 6.07) is 21.9. The zero-order valence-electron chi connectivity index (χ0n) is 20.6. The number of halogens is 3. The van der Waals surface area contributed by atoms with E-state index < -0.39 is 20.4 Å². The van der Waals surface area contributed by atoms with E-state index in [1.807, 2.05) is 30.3 Å². The lowest BCUT2D eigenvalue weighted by Crippen LogP contribution is -2.20. The Morgan fingerprint density at radius 1 is 0.771 bits per heavy atom. The van der Waals surface area contributed by atoms with Crippen molar-refractivity contribution in [3.8, 4) is 11.1 Å². The van der Waals surface area contributed by atoms with Gasteiger partial charge in [-0.2, -0.15) is 0 Å². The van der Waals surface area contributed by atoms with Crippen molar-refractivity contribution in [3.63, 3.8) is 0 Å². The van der Waals surface area contributed by atoms with Crippen molar-refractivity contribution in [3.05, 3.63) is 107 Å². The minimum atomic E-state index is -0.823. The second-order valence-electron chi connectivity index (χ2n) is 9.86. The van der Waals surface area contributed by atoms with Gasteiger partial charge in [-0.1, -0.05) is 79.7 Å². The molecule has 0 atom stereocenters. The Hall–Kier alpha value is -2.59. The zero-order valence-corrected chi connectivity index (χ0v) is 21.7. The topological polar surface area (TPSA) is 0 Å². The number of hydrogen-bond donors (Lipinski definition) is 0. The van der Waals surface area contributed by atoms with Crippen LogP contribution in [-0.4, -0.2) is 8.80 Å². The molecule has 0 radical (unpaired) electrons. The maximum absolute atomic E-state index is 15.1. The summed E-state index contributed by atoms with van der Waals surface area (Å²) in [6.45, 7) is 2.18. The van der Waals surface area contributed by atoms with Gasteiger partial charge >= 0.3 is 0 Å². The largest absolute Gasteiger partial charge is 0.206 e. The lowest BCUT2D eigenvalue weighted by atomic mass is 9.91. The van der Waals surface area contributed by atoms with Crippen LogP contribution in [0.25, 0.3) is 11.1 Å². The Balaban J connectivity index is 1.32. The fourth-order valence-corrected chi connectivity index (χ4v) is 8.53. The van der Waals surface area contributed by atoms with Crippen LogP contribution in [0.15, 0.2) is 72.8 Å². The zero-order chi connectivity index (χ0) is 24.6. The molecule has 1 heterocycles. The van der Waals surface area contributed by atoms with Crippen LogP contribution in [0.5, 0.6) is 0 Å². The van der Waals surface area contributed by atoms with Crippen LogP contribution in [0.3, 0.4) is 0 Å². The Labute approximate surface area is 209 Å². The van der Waals surface area contributed by atoms with Gasteiger partial charge in [0.15, 0.2) is 11.6 Å². The van der Waals surface area contributed by atoms with Crippen LogP contribution in [0.1, 0.15) is 55.2 Å². The predicted octanol–water partition coefficient (Wildman–Crippen LogP) is 9.02. The van der Waals surface area contributed by atoms with Crippen molar-refractivity contribution >= 4 is 8.80 Å². The molecular formula is C31H35F3Si. The molecule has 1 saturated heterocycles. The molecule has 35 heavy (non-hydrogen) atoms. The fourth-order valence-electron chi connectivity index (χ4n) is 5.26. The van der Waals surface area contributed by atoms with Crippen LogP contribution in [0.2, 0.25) is 18.1 Å². The average Bonchev–Trinajstić information content (AvgIpc) is 2.88. The second kappa shape index (κ2) is 12.4. The van der Waals surface area contributed by atoms with Crippen molar-refractivity contribution < 1.29 is 13.2 Å². The van der Waals surface area contributed by atoms with Crippen LogP contribution < -0.4 is 0 Å². The quantitative estimate of drug-likeness (QED) is 0.206. The Morgan fingerprint density at radius 3 is 2.17 bits per heavy atom. The Kier molecular flexibility index (Phi) is 9.03. The summed E-state index contributed by atoms with van der Waals surface area (Å²) >= 11 is 0. The van der Waals surface area contributed by atoms with Crippen LogP contribution in [0.4, 0.5) is 13.2 Å². The van der Waals surface area contributed by atoms with E-state index in [1.165, 1.54) is 49.5 Å². The van der Waals surface area contributed by atoms with Gasteiger partial charge in [0, 0.05) is 14.4 Å². The van der Waals surface area contributed by atoms with E-state index in [9.17, 15) is 8.78 Å². The summed E-state index contributed by atoms with van der Waals surface area (Å²) in [6.07, 6.45) is 10.7. The minimum absolute atomic E-state index is 0.152. The summed E-state index contributed by atoms with van der Waals surface area (Å²) in [5, 5.41) is 0. The van der Waals surface area contributed by atoms with Gasteiger partial charge in [0.2, 0.25) is 0 Å². The van der Waals surface area contributed by atoms with Gasteiger partial charge in [0.25, 0.3) is 0 Å². The molecule has 184 valence electrons. The van der Waals surface area contributed by atoms with Crippen LogP contribution in [0, 0.1) is 17.5 Å². The summed E-state index contributed by atoms with van der Waals surface area (Å²) in [4.78, 5) is 0. The third kappa shape index (κ3) is 6.97.